The van der Waals surface area contributed by atoms with Gasteiger partial charge in [0.25, 0.3) is 0 Å². The maximum absolute atomic E-state index is 13.1. The molecule has 1 unspecified atom stereocenters. The number of benzene rings is 1. The largest absolute Gasteiger partial charge is 0.385 e. The molecule has 0 amide bonds. The fraction of sp³-hybridized carbons (Fsp3) is 0.357. The van der Waals surface area contributed by atoms with Gasteiger partial charge in [0.15, 0.2) is 0 Å². The van der Waals surface area contributed by atoms with Crippen LogP contribution in [0.1, 0.15) is 23.2 Å². The fourth-order valence-electron chi connectivity index (χ4n) is 2.74. The average molecular weight is 246 g/mol. The molecule has 1 aromatic carbocycles. The van der Waals surface area contributed by atoms with Crippen LogP contribution in [0.5, 0.6) is 0 Å². The minimum atomic E-state index is -0.905. The lowest BCUT2D eigenvalue weighted by Crippen LogP contribution is -2.25. The zero-order valence-corrected chi connectivity index (χ0v) is 10.2. The fourth-order valence-corrected chi connectivity index (χ4v) is 2.74. The maximum Gasteiger partial charge on any atom is 0.123 e. The molecule has 0 fully saturated rings. The van der Waals surface area contributed by atoms with Gasteiger partial charge in [0.2, 0.25) is 0 Å². The molecule has 94 valence electrons. The monoisotopic (exact) mass is 246 g/mol. The van der Waals surface area contributed by atoms with Gasteiger partial charge >= 0.3 is 0 Å². The molecule has 0 saturated carbocycles. The zero-order chi connectivity index (χ0) is 12.8. The summed E-state index contributed by atoms with van der Waals surface area (Å²) in [5.74, 6) is -0.240. The lowest BCUT2D eigenvalue weighted by molar-refractivity contribution is 0.0378. The van der Waals surface area contributed by atoms with Gasteiger partial charge in [-0.2, -0.15) is 5.10 Å². The number of hydrogen-bond acceptors (Lipinski definition) is 2. The van der Waals surface area contributed by atoms with Gasteiger partial charge in [0.1, 0.15) is 5.82 Å². The molecular formula is C14H15FN2O. The highest BCUT2D eigenvalue weighted by molar-refractivity contribution is 5.38. The number of aliphatic hydroxyl groups is 1. The molecule has 0 saturated heterocycles. The summed E-state index contributed by atoms with van der Waals surface area (Å²) in [6, 6.07) is 6.53. The van der Waals surface area contributed by atoms with Crippen LogP contribution in [0.2, 0.25) is 0 Å². The Morgan fingerprint density at radius 2 is 2.28 bits per heavy atom. The van der Waals surface area contributed by atoms with Gasteiger partial charge in [0.05, 0.1) is 11.3 Å². The Labute approximate surface area is 105 Å². The molecule has 1 N–H and O–H groups in total. The molecule has 3 rings (SSSR count). The number of nitrogens with zero attached hydrogens (tertiary/aromatic N) is 2. The Hall–Kier alpha value is -1.68. The van der Waals surface area contributed by atoms with E-state index in [1.807, 2.05) is 19.3 Å². The summed E-state index contributed by atoms with van der Waals surface area (Å²) in [5.41, 5.74) is 1.71. The van der Waals surface area contributed by atoms with Crippen LogP contribution in [-0.4, -0.2) is 14.9 Å². The highest BCUT2D eigenvalue weighted by Gasteiger charge is 2.37. The van der Waals surface area contributed by atoms with Gasteiger partial charge in [0, 0.05) is 19.7 Å². The first-order chi connectivity index (χ1) is 8.57. The molecule has 0 bridgehead atoms. The van der Waals surface area contributed by atoms with E-state index in [1.54, 1.807) is 10.7 Å². The van der Waals surface area contributed by atoms with Gasteiger partial charge in [-0.15, -0.1) is 0 Å². The van der Waals surface area contributed by atoms with Crippen molar-refractivity contribution in [2.24, 2.45) is 7.05 Å². The molecule has 1 aliphatic carbocycles. The summed E-state index contributed by atoms with van der Waals surface area (Å²) < 4.78 is 14.9. The molecule has 0 radical (unpaired) electrons. The molecule has 1 heterocycles. The first-order valence-electron chi connectivity index (χ1n) is 6.07. The second-order valence-corrected chi connectivity index (χ2v) is 4.99. The molecule has 1 aromatic heterocycles. The summed E-state index contributed by atoms with van der Waals surface area (Å²) in [7, 11) is 1.85. The number of halogens is 1. The molecule has 4 heteroatoms. The van der Waals surface area contributed by atoms with Crippen molar-refractivity contribution in [3.8, 4) is 0 Å². The molecule has 0 aliphatic heterocycles. The van der Waals surface area contributed by atoms with E-state index in [2.05, 4.69) is 5.10 Å². The smallest absolute Gasteiger partial charge is 0.123 e. The van der Waals surface area contributed by atoms with Gasteiger partial charge in [-0.05, 0) is 42.2 Å². The Morgan fingerprint density at radius 1 is 1.44 bits per heavy atom. The van der Waals surface area contributed by atoms with Crippen molar-refractivity contribution in [3.05, 3.63) is 53.1 Å². The van der Waals surface area contributed by atoms with E-state index in [0.717, 1.165) is 23.2 Å². The predicted octanol–water partition coefficient (Wildman–Crippen LogP) is 1.94. The van der Waals surface area contributed by atoms with Crippen molar-refractivity contribution in [1.82, 2.24) is 9.78 Å². The second kappa shape index (κ2) is 3.92. The molecule has 18 heavy (non-hydrogen) atoms. The van der Waals surface area contributed by atoms with E-state index in [0.29, 0.717) is 12.8 Å². The van der Waals surface area contributed by atoms with Crippen LogP contribution in [0.4, 0.5) is 4.39 Å². The van der Waals surface area contributed by atoms with E-state index in [-0.39, 0.29) is 5.82 Å². The third-order valence-electron chi connectivity index (χ3n) is 3.62. The molecule has 2 aromatic rings. The first-order valence-corrected chi connectivity index (χ1v) is 6.07. The van der Waals surface area contributed by atoms with E-state index in [4.69, 9.17) is 0 Å². The first kappa shape index (κ1) is 11.4. The lowest BCUT2D eigenvalue weighted by atomic mass is 9.91. The van der Waals surface area contributed by atoms with Crippen molar-refractivity contribution in [2.45, 2.75) is 24.9 Å². The highest BCUT2D eigenvalue weighted by Crippen LogP contribution is 2.39. The molecular weight excluding hydrogens is 231 g/mol. The summed E-state index contributed by atoms with van der Waals surface area (Å²) in [5, 5.41) is 15.0. The van der Waals surface area contributed by atoms with Crippen molar-refractivity contribution in [3.63, 3.8) is 0 Å². The number of aromatic nitrogens is 2. The molecule has 1 aliphatic rings. The number of fused-ring (bicyclic) bond motifs is 1. The van der Waals surface area contributed by atoms with Crippen LogP contribution in [-0.2, 0) is 25.5 Å². The van der Waals surface area contributed by atoms with E-state index >= 15 is 0 Å². The Balaban J connectivity index is 1.94. The Kier molecular flexibility index (Phi) is 2.48. The lowest BCUT2D eigenvalue weighted by Gasteiger charge is -2.23. The van der Waals surface area contributed by atoms with Gasteiger partial charge < -0.3 is 5.11 Å². The van der Waals surface area contributed by atoms with Crippen molar-refractivity contribution in [1.29, 1.82) is 0 Å². The zero-order valence-electron chi connectivity index (χ0n) is 10.2. The quantitative estimate of drug-likeness (QED) is 0.879. The number of hydrogen-bond donors (Lipinski definition) is 1. The van der Waals surface area contributed by atoms with Crippen molar-refractivity contribution >= 4 is 0 Å². The second-order valence-electron chi connectivity index (χ2n) is 4.99. The molecule has 0 spiro atoms. The predicted molar refractivity (Wildman–Crippen MR) is 65.5 cm³/mol. The van der Waals surface area contributed by atoms with E-state index < -0.39 is 5.60 Å². The number of rotatable bonds is 2. The summed E-state index contributed by atoms with van der Waals surface area (Å²) in [6.45, 7) is 0. The van der Waals surface area contributed by atoms with Crippen LogP contribution in [0.15, 0.2) is 30.5 Å². The minimum absolute atomic E-state index is 0.240. The maximum atomic E-state index is 13.1. The SMILES string of the molecule is Cn1ccc(CC2(O)CCc3cc(F)ccc32)n1. The van der Waals surface area contributed by atoms with Crippen molar-refractivity contribution in [2.75, 3.05) is 0 Å². The summed E-state index contributed by atoms with van der Waals surface area (Å²) >= 11 is 0. The molecule has 3 nitrogen and oxygen atoms in total. The van der Waals surface area contributed by atoms with Crippen molar-refractivity contribution < 1.29 is 9.50 Å². The standard InChI is InChI=1S/C14H15FN2O/c1-17-7-5-12(16-17)9-14(18)6-4-10-8-11(15)2-3-13(10)14/h2-3,5,7-8,18H,4,6,9H2,1H3. The normalized spacial score (nSPS) is 22.2. The minimum Gasteiger partial charge on any atom is -0.385 e. The van der Waals surface area contributed by atoms with Crippen LogP contribution in [0.3, 0.4) is 0 Å². The van der Waals surface area contributed by atoms with Gasteiger partial charge in [-0.25, -0.2) is 4.39 Å². The number of aryl methyl sites for hydroxylation is 2. The summed E-state index contributed by atoms with van der Waals surface area (Å²) in [6.07, 6.45) is 3.68. The third-order valence-corrected chi connectivity index (χ3v) is 3.62. The Morgan fingerprint density at radius 3 is 3.00 bits per heavy atom. The van der Waals surface area contributed by atoms with E-state index in [9.17, 15) is 9.50 Å². The van der Waals surface area contributed by atoms with Crippen LogP contribution in [0.25, 0.3) is 0 Å². The topological polar surface area (TPSA) is 38.0 Å². The summed E-state index contributed by atoms with van der Waals surface area (Å²) in [4.78, 5) is 0. The Bertz CT molecular complexity index is 593. The highest BCUT2D eigenvalue weighted by atomic mass is 19.1. The van der Waals surface area contributed by atoms with Gasteiger partial charge in [-0.1, -0.05) is 6.07 Å². The van der Waals surface area contributed by atoms with Crippen LogP contribution >= 0.6 is 0 Å². The average Bonchev–Trinajstić information content (AvgIpc) is 2.84. The van der Waals surface area contributed by atoms with Crippen LogP contribution < -0.4 is 0 Å². The van der Waals surface area contributed by atoms with Gasteiger partial charge in [-0.3, -0.25) is 4.68 Å². The third kappa shape index (κ3) is 1.82. The van der Waals surface area contributed by atoms with Crippen LogP contribution in [0, 0.1) is 5.82 Å². The molecule has 1 atom stereocenters. The van der Waals surface area contributed by atoms with E-state index in [1.165, 1.54) is 12.1 Å².